The van der Waals surface area contributed by atoms with Crippen LogP contribution in [0.25, 0.3) is 0 Å². The molecule has 156 valence electrons. The van der Waals surface area contributed by atoms with E-state index in [1.54, 1.807) is 44.9 Å². The quantitative estimate of drug-likeness (QED) is 0.453. The molecule has 0 spiro atoms. The van der Waals surface area contributed by atoms with Gasteiger partial charge in [0.1, 0.15) is 0 Å². The first-order valence-corrected chi connectivity index (χ1v) is 12.8. The van der Waals surface area contributed by atoms with Crippen LogP contribution in [0.1, 0.15) is 118 Å². The van der Waals surface area contributed by atoms with Crippen LogP contribution < -0.4 is 0 Å². The SMILES string of the molecule is CC(C)CCC[C@@H](C)[C@H]1CC[C@@]2(C)[C@@H]1CC[C@H]1[C@@H]3CCCC[C@@]3(C)CC[C@@H]12. The van der Waals surface area contributed by atoms with Crippen molar-refractivity contribution in [1.82, 2.24) is 0 Å². The van der Waals surface area contributed by atoms with E-state index in [0.717, 1.165) is 41.4 Å². The molecule has 0 heterocycles. The molecule has 0 bridgehead atoms. The van der Waals surface area contributed by atoms with E-state index in [-0.39, 0.29) is 0 Å². The monoisotopic (exact) mass is 372 g/mol. The molecule has 0 heteroatoms. The van der Waals surface area contributed by atoms with Gasteiger partial charge in [0.25, 0.3) is 0 Å². The van der Waals surface area contributed by atoms with Gasteiger partial charge in [-0.3, -0.25) is 0 Å². The summed E-state index contributed by atoms with van der Waals surface area (Å²) in [5, 5.41) is 0. The zero-order chi connectivity index (χ0) is 19.2. The maximum absolute atomic E-state index is 2.76. The van der Waals surface area contributed by atoms with Gasteiger partial charge in [0.05, 0.1) is 0 Å². The Hall–Kier alpha value is 0. The molecule has 4 fully saturated rings. The van der Waals surface area contributed by atoms with Crippen molar-refractivity contribution >= 4 is 0 Å². The van der Waals surface area contributed by atoms with Crippen LogP contribution in [0.2, 0.25) is 0 Å². The van der Waals surface area contributed by atoms with E-state index in [2.05, 4.69) is 34.6 Å². The minimum atomic E-state index is 0.693. The van der Waals surface area contributed by atoms with E-state index >= 15 is 0 Å². The molecule has 0 aromatic rings. The summed E-state index contributed by atoms with van der Waals surface area (Å²) in [6.07, 6.45) is 19.9. The van der Waals surface area contributed by atoms with Crippen LogP contribution in [0.5, 0.6) is 0 Å². The lowest BCUT2D eigenvalue weighted by Crippen LogP contribution is -2.52. The predicted octanol–water partition coefficient (Wildman–Crippen LogP) is 8.50. The lowest BCUT2D eigenvalue weighted by molar-refractivity contribution is -0.108. The highest BCUT2D eigenvalue weighted by Crippen LogP contribution is 2.68. The second kappa shape index (κ2) is 7.68. The highest BCUT2D eigenvalue weighted by Gasteiger charge is 2.59. The molecule has 0 saturated heterocycles. The Morgan fingerprint density at radius 2 is 1.56 bits per heavy atom. The third-order valence-electron chi connectivity index (χ3n) is 10.7. The van der Waals surface area contributed by atoms with Crippen molar-refractivity contribution in [3.63, 3.8) is 0 Å². The molecule has 0 aromatic carbocycles. The fourth-order valence-electron chi connectivity index (χ4n) is 9.14. The maximum Gasteiger partial charge on any atom is -0.0264 e. The summed E-state index contributed by atoms with van der Waals surface area (Å²) < 4.78 is 0. The van der Waals surface area contributed by atoms with Crippen molar-refractivity contribution in [3.05, 3.63) is 0 Å². The summed E-state index contributed by atoms with van der Waals surface area (Å²) in [6, 6.07) is 0. The number of hydrogen-bond donors (Lipinski definition) is 0. The van der Waals surface area contributed by atoms with Crippen molar-refractivity contribution in [1.29, 1.82) is 0 Å². The van der Waals surface area contributed by atoms with Crippen LogP contribution in [0.15, 0.2) is 0 Å². The summed E-state index contributed by atoms with van der Waals surface area (Å²) in [4.78, 5) is 0. The van der Waals surface area contributed by atoms with Gasteiger partial charge >= 0.3 is 0 Å². The van der Waals surface area contributed by atoms with Gasteiger partial charge < -0.3 is 0 Å². The van der Waals surface area contributed by atoms with Crippen LogP contribution in [-0.4, -0.2) is 0 Å². The van der Waals surface area contributed by atoms with Gasteiger partial charge in [-0.2, -0.15) is 0 Å². The van der Waals surface area contributed by atoms with Crippen molar-refractivity contribution in [2.24, 2.45) is 52.3 Å². The second-order valence-electron chi connectivity index (χ2n) is 12.5. The van der Waals surface area contributed by atoms with Crippen LogP contribution in [-0.2, 0) is 0 Å². The summed E-state index contributed by atoms with van der Waals surface area (Å²) >= 11 is 0. The van der Waals surface area contributed by atoms with E-state index < -0.39 is 0 Å². The van der Waals surface area contributed by atoms with E-state index in [4.69, 9.17) is 0 Å². The van der Waals surface area contributed by atoms with Gasteiger partial charge in [-0.05, 0) is 104 Å². The lowest BCUT2D eigenvalue weighted by Gasteiger charge is -2.60. The van der Waals surface area contributed by atoms with Gasteiger partial charge in [-0.25, -0.2) is 0 Å². The summed E-state index contributed by atoms with van der Waals surface area (Å²) in [5.41, 5.74) is 1.41. The van der Waals surface area contributed by atoms with Gasteiger partial charge in [0.15, 0.2) is 0 Å². The second-order valence-corrected chi connectivity index (χ2v) is 12.5. The first-order chi connectivity index (χ1) is 12.8. The van der Waals surface area contributed by atoms with Crippen molar-refractivity contribution in [2.45, 2.75) is 118 Å². The molecule has 0 nitrogen and oxygen atoms in total. The Morgan fingerprint density at radius 3 is 2.33 bits per heavy atom. The van der Waals surface area contributed by atoms with E-state index in [1.807, 2.05) is 0 Å². The fourth-order valence-corrected chi connectivity index (χ4v) is 9.14. The molecule has 0 unspecified atom stereocenters. The predicted molar refractivity (Wildman–Crippen MR) is 118 cm³/mol. The smallest absolute Gasteiger partial charge is 0.0264 e. The maximum atomic E-state index is 2.76. The molecule has 4 rings (SSSR count). The zero-order valence-electron chi connectivity index (χ0n) is 19.2. The normalized spacial score (nSPS) is 48.0. The molecular weight excluding hydrogens is 324 g/mol. The van der Waals surface area contributed by atoms with E-state index in [9.17, 15) is 0 Å². The van der Waals surface area contributed by atoms with Crippen LogP contribution >= 0.6 is 0 Å². The lowest BCUT2D eigenvalue weighted by atomic mass is 9.45. The van der Waals surface area contributed by atoms with Gasteiger partial charge in [0, 0.05) is 0 Å². The van der Waals surface area contributed by atoms with E-state index in [0.29, 0.717) is 10.8 Å². The highest BCUT2D eigenvalue weighted by molar-refractivity contribution is 5.08. The minimum Gasteiger partial charge on any atom is -0.0628 e. The molecular formula is C27H48. The van der Waals surface area contributed by atoms with Crippen molar-refractivity contribution < 1.29 is 0 Å². The molecule has 27 heavy (non-hydrogen) atoms. The van der Waals surface area contributed by atoms with E-state index in [1.165, 1.54) is 38.5 Å². The Labute approximate surface area is 170 Å². The molecule has 8 atom stereocenters. The molecule has 0 aliphatic heterocycles. The molecule has 4 aliphatic carbocycles. The van der Waals surface area contributed by atoms with Gasteiger partial charge in [-0.15, -0.1) is 0 Å². The average molecular weight is 373 g/mol. The average Bonchev–Trinajstić information content (AvgIpc) is 2.98. The van der Waals surface area contributed by atoms with Gasteiger partial charge in [-0.1, -0.05) is 66.7 Å². The first-order valence-electron chi connectivity index (χ1n) is 12.8. The topological polar surface area (TPSA) is 0 Å². The van der Waals surface area contributed by atoms with Gasteiger partial charge in [0.2, 0.25) is 0 Å². The minimum absolute atomic E-state index is 0.693. The molecule has 0 amide bonds. The largest absolute Gasteiger partial charge is 0.0628 e. The molecule has 0 aromatic heterocycles. The highest BCUT2D eigenvalue weighted by atomic mass is 14.6. The number of hydrogen-bond acceptors (Lipinski definition) is 0. The molecule has 4 saturated carbocycles. The Kier molecular flexibility index (Phi) is 5.77. The summed E-state index contributed by atoms with van der Waals surface area (Å²) in [6.45, 7) is 12.8. The Bertz CT molecular complexity index is 506. The number of fused-ring (bicyclic) bond motifs is 5. The third kappa shape index (κ3) is 3.54. The Morgan fingerprint density at radius 1 is 0.741 bits per heavy atom. The first kappa shape index (κ1) is 20.3. The third-order valence-corrected chi connectivity index (χ3v) is 10.7. The molecule has 0 N–H and O–H groups in total. The summed E-state index contributed by atoms with van der Waals surface area (Å²) in [5.74, 6) is 7.18. The summed E-state index contributed by atoms with van der Waals surface area (Å²) in [7, 11) is 0. The Balaban J connectivity index is 1.45. The zero-order valence-corrected chi connectivity index (χ0v) is 19.2. The fraction of sp³-hybridized carbons (Fsp3) is 1.00. The van der Waals surface area contributed by atoms with Crippen molar-refractivity contribution in [3.8, 4) is 0 Å². The van der Waals surface area contributed by atoms with Crippen LogP contribution in [0.3, 0.4) is 0 Å². The number of rotatable bonds is 5. The standard InChI is InChI=1S/C27H48/c1-19(2)9-8-10-20(3)21-14-18-27(5)24(21)13-12-22-23-11-6-7-16-26(23,4)17-15-25(22)27/h19-25H,6-18H2,1-5H3/t20-,21-,22+,23+,24-,25+,26+,27+/m1/s1. The van der Waals surface area contributed by atoms with Crippen molar-refractivity contribution in [2.75, 3.05) is 0 Å². The molecule has 4 aliphatic rings. The van der Waals surface area contributed by atoms with Crippen LogP contribution in [0.4, 0.5) is 0 Å². The van der Waals surface area contributed by atoms with Crippen LogP contribution in [0, 0.1) is 52.3 Å². The molecule has 0 radical (unpaired) electrons.